The molecule has 2 aromatic rings. The van der Waals surface area contributed by atoms with Gasteiger partial charge in [0.25, 0.3) is 10.0 Å². The summed E-state index contributed by atoms with van der Waals surface area (Å²) in [5, 5.41) is 3.38. The number of nitrogens with one attached hydrogen (secondary N) is 1. The van der Waals surface area contributed by atoms with Gasteiger partial charge in [0.15, 0.2) is 11.0 Å². The third kappa shape index (κ3) is 2.83. The van der Waals surface area contributed by atoms with Gasteiger partial charge in [-0.1, -0.05) is 12.1 Å². The largest absolute Gasteiger partial charge is 0.343 e. The second-order valence-electron chi connectivity index (χ2n) is 6.00. The minimum atomic E-state index is -3.69. The number of amides is 1. The second-order valence-corrected chi connectivity index (χ2v) is 8.81. The Balaban J connectivity index is 1.63. The molecule has 1 N–H and O–H groups in total. The Morgan fingerprint density at radius 1 is 1.36 bits per heavy atom. The van der Waals surface area contributed by atoms with E-state index in [1.165, 1.54) is 11.3 Å². The van der Waals surface area contributed by atoms with E-state index in [2.05, 4.69) is 14.7 Å². The lowest BCUT2D eigenvalue weighted by Gasteiger charge is -2.25. The average molecular weight is 376 g/mol. The predicted molar refractivity (Wildman–Crippen MR) is 95.4 cm³/mol. The Kier molecular flexibility index (Phi) is 3.84. The van der Waals surface area contributed by atoms with Gasteiger partial charge in [0.05, 0.1) is 0 Å². The van der Waals surface area contributed by atoms with Gasteiger partial charge in [-0.2, -0.15) is 8.42 Å². The number of rotatable bonds is 2. The van der Waals surface area contributed by atoms with Crippen LogP contribution in [0.4, 0.5) is 5.13 Å². The van der Waals surface area contributed by atoms with E-state index < -0.39 is 16.1 Å². The number of aryl methyl sites for hydroxylation is 1. The van der Waals surface area contributed by atoms with E-state index in [1.54, 1.807) is 35.4 Å². The number of amidine groups is 1. The van der Waals surface area contributed by atoms with E-state index >= 15 is 0 Å². The molecule has 1 aromatic heterocycles. The van der Waals surface area contributed by atoms with E-state index in [1.807, 2.05) is 6.92 Å². The first kappa shape index (κ1) is 16.2. The van der Waals surface area contributed by atoms with Crippen LogP contribution in [0.3, 0.4) is 0 Å². The van der Waals surface area contributed by atoms with Crippen LogP contribution in [0.15, 0.2) is 39.8 Å². The van der Waals surface area contributed by atoms with Crippen molar-refractivity contribution in [2.24, 2.45) is 4.40 Å². The van der Waals surface area contributed by atoms with E-state index in [9.17, 15) is 13.2 Å². The van der Waals surface area contributed by atoms with Crippen LogP contribution in [0.5, 0.6) is 0 Å². The van der Waals surface area contributed by atoms with E-state index in [-0.39, 0.29) is 10.8 Å². The van der Waals surface area contributed by atoms with Crippen LogP contribution in [0.25, 0.3) is 0 Å². The molecule has 3 heterocycles. The van der Waals surface area contributed by atoms with Crippen LogP contribution in [-0.2, 0) is 14.8 Å². The number of thiazole rings is 1. The molecule has 25 heavy (non-hydrogen) atoms. The van der Waals surface area contributed by atoms with Crippen LogP contribution in [0.1, 0.15) is 23.3 Å². The lowest BCUT2D eigenvalue weighted by atomic mass is 10.1. The molecule has 0 unspecified atom stereocenters. The summed E-state index contributed by atoms with van der Waals surface area (Å²) < 4.78 is 28.5. The van der Waals surface area contributed by atoms with Gasteiger partial charge in [0.2, 0.25) is 5.91 Å². The quantitative estimate of drug-likeness (QED) is 0.866. The highest BCUT2D eigenvalue weighted by Gasteiger charge is 2.39. The van der Waals surface area contributed by atoms with Crippen molar-refractivity contribution in [3.05, 3.63) is 40.9 Å². The molecule has 1 fully saturated rings. The smallest absolute Gasteiger partial charge is 0.285 e. The molecule has 130 valence electrons. The zero-order chi connectivity index (χ0) is 17.6. The number of benzene rings is 1. The molecule has 0 radical (unpaired) electrons. The molecule has 0 bridgehead atoms. The van der Waals surface area contributed by atoms with Gasteiger partial charge in [0, 0.05) is 23.2 Å². The van der Waals surface area contributed by atoms with Gasteiger partial charge in [-0.3, -0.25) is 4.79 Å². The molecule has 1 aromatic carbocycles. The van der Waals surface area contributed by atoms with Crippen molar-refractivity contribution in [3.63, 3.8) is 0 Å². The summed E-state index contributed by atoms with van der Waals surface area (Å²) in [5.74, 6) is 0.180. The summed E-state index contributed by atoms with van der Waals surface area (Å²) >= 11 is 1.41. The summed E-state index contributed by atoms with van der Waals surface area (Å²) in [4.78, 5) is 19.8. The number of carbonyl (C=O) groups is 1. The molecular formula is C16H16N4O3S2. The Morgan fingerprint density at radius 3 is 2.92 bits per heavy atom. The molecule has 1 atom stereocenters. The molecule has 0 aliphatic carbocycles. The fraction of sp³-hybridized carbons (Fsp3) is 0.312. The second kappa shape index (κ2) is 5.92. The molecule has 1 saturated heterocycles. The van der Waals surface area contributed by atoms with Crippen LogP contribution >= 0.6 is 11.3 Å². The van der Waals surface area contributed by atoms with Crippen molar-refractivity contribution >= 4 is 38.2 Å². The summed E-state index contributed by atoms with van der Waals surface area (Å²) in [7, 11) is -3.69. The lowest BCUT2D eigenvalue weighted by molar-refractivity contribution is -0.119. The fourth-order valence-corrected chi connectivity index (χ4v) is 5.07. The number of carbonyl (C=O) groups excluding carboxylic acids is 1. The first-order valence-electron chi connectivity index (χ1n) is 7.90. The maximum absolute atomic E-state index is 12.7. The minimum absolute atomic E-state index is 0.184. The maximum atomic E-state index is 12.7. The number of likely N-dealkylation sites (tertiary alicyclic amines) is 1. The average Bonchev–Trinajstić information content (AvgIpc) is 3.26. The van der Waals surface area contributed by atoms with Crippen LogP contribution in [0.2, 0.25) is 0 Å². The number of aromatic nitrogens is 1. The van der Waals surface area contributed by atoms with E-state index in [0.29, 0.717) is 29.5 Å². The molecular weight excluding hydrogens is 360 g/mol. The standard InChI is InChI=1S/C16H16N4O3S2/c1-10-9-17-16(24-10)18-15(21)12-6-4-8-20(12)14-11-5-2-3-7-13(11)25(22,23)19-14/h2-3,5,7,9,12H,4,6,8H2,1H3,(H,17,18,21)/t12-/m0/s1. The zero-order valence-electron chi connectivity index (χ0n) is 13.5. The van der Waals surface area contributed by atoms with Crippen molar-refractivity contribution in [2.45, 2.75) is 30.7 Å². The predicted octanol–water partition coefficient (Wildman–Crippen LogP) is 2.00. The Labute approximate surface area is 149 Å². The number of sulfonamides is 1. The highest BCUT2D eigenvalue weighted by atomic mass is 32.2. The molecule has 2 aliphatic heterocycles. The molecule has 0 saturated carbocycles. The molecule has 2 aliphatic rings. The first-order valence-corrected chi connectivity index (χ1v) is 10.2. The molecule has 7 nitrogen and oxygen atoms in total. The van der Waals surface area contributed by atoms with Crippen molar-refractivity contribution in [3.8, 4) is 0 Å². The fourth-order valence-electron chi connectivity index (χ4n) is 3.19. The van der Waals surface area contributed by atoms with Crippen molar-refractivity contribution in [2.75, 3.05) is 11.9 Å². The van der Waals surface area contributed by atoms with Crippen LogP contribution in [-0.4, -0.2) is 42.6 Å². The number of nitrogens with zero attached hydrogens (tertiary/aromatic N) is 3. The van der Waals surface area contributed by atoms with Crippen molar-refractivity contribution in [1.29, 1.82) is 0 Å². The van der Waals surface area contributed by atoms with Gasteiger partial charge in [0.1, 0.15) is 10.9 Å². The molecule has 9 heteroatoms. The van der Waals surface area contributed by atoms with Crippen LogP contribution < -0.4 is 5.32 Å². The zero-order valence-corrected chi connectivity index (χ0v) is 15.1. The summed E-state index contributed by atoms with van der Waals surface area (Å²) in [6, 6.07) is 6.28. The summed E-state index contributed by atoms with van der Waals surface area (Å²) in [6.07, 6.45) is 3.16. The molecule has 0 spiro atoms. The summed E-state index contributed by atoms with van der Waals surface area (Å²) in [6.45, 7) is 2.52. The van der Waals surface area contributed by atoms with Gasteiger partial charge in [-0.15, -0.1) is 15.7 Å². The van der Waals surface area contributed by atoms with E-state index in [0.717, 1.165) is 11.3 Å². The highest BCUT2D eigenvalue weighted by Crippen LogP contribution is 2.31. The maximum Gasteiger partial charge on any atom is 0.285 e. The Hall–Kier alpha value is -2.26. The lowest BCUT2D eigenvalue weighted by Crippen LogP contribution is -2.43. The molecule has 1 amide bonds. The van der Waals surface area contributed by atoms with Gasteiger partial charge in [-0.25, -0.2) is 4.98 Å². The van der Waals surface area contributed by atoms with Gasteiger partial charge in [-0.05, 0) is 31.9 Å². The monoisotopic (exact) mass is 376 g/mol. The highest BCUT2D eigenvalue weighted by molar-refractivity contribution is 7.90. The third-order valence-electron chi connectivity index (χ3n) is 4.29. The Bertz CT molecular complexity index is 981. The number of hydrogen-bond acceptors (Lipinski definition) is 6. The Morgan fingerprint density at radius 2 is 2.16 bits per heavy atom. The third-order valence-corrected chi connectivity index (χ3v) is 6.44. The van der Waals surface area contributed by atoms with Crippen molar-refractivity contribution in [1.82, 2.24) is 9.88 Å². The molecule has 4 rings (SSSR count). The summed E-state index contributed by atoms with van der Waals surface area (Å²) in [5.41, 5.74) is 0.562. The first-order chi connectivity index (χ1) is 12.0. The van der Waals surface area contributed by atoms with Gasteiger partial charge < -0.3 is 10.2 Å². The van der Waals surface area contributed by atoms with Crippen LogP contribution in [0, 0.1) is 6.92 Å². The van der Waals surface area contributed by atoms with E-state index in [4.69, 9.17) is 0 Å². The topological polar surface area (TPSA) is 91.7 Å². The van der Waals surface area contributed by atoms with Crippen molar-refractivity contribution < 1.29 is 13.2 Å². The number of hydrogen-bond donors (Lipinski definition) is 1. The van der Waals surface area contributed by atoms with Gasteiger partial charge >= 0.3 is 0 Å². The number of anilines is 1. The number of fused-ring (bicyclic) bond motifs is 1. The SMILES string of the molecule is Cc1cnc(NC(=O)[C@@H]2CCCN2C2=NS(=O)(=O)c3ccccc32)s1. The normalized spacial score (nSPS) is 21.1. The minimum Gasteiger partial charge on any atom is -0.343 e.